The van der Waals surface area contributed by atoms with Crippen LogP contribution in [0.4, 0.5) is 0 Å². The summed E-state index contributed by atoms with van der Waals surface area (Å²) >= 11 is 0. The van der Waals surface area contributed by atoms with E-state index >= 15 is 0 Å². The first-order chi connectivity index (χ1) is 30.1. The Hall–Kier alpha value is -1.59. The average Bonchev–Trinajstić information content (AvgIpc) is 3.23. The minimum atomic E-state index is -0.763. The lowest BCUT2D eigenvalue weighted by molar-refractivity contribution is -0.167. The molecule has 62 heavy (non-hydrogen) atoms. The minimum Gasteiger partial charge on any atom is -0.462 e. The van der Waals surface area contributed by atoms with Crippen LogP contribution in [0.3, 0.4) is 0 Å². The Labute approximate surface area is 387 Å². The summed E-state index contributed by atoms with van der Waals surface area (Å²) in [4.78, 5) is 38.0. The molecule has 0 aliphatic heterocycles. The van der Waals surface area contributed by atoms with E-state index in [1.807, 2.05) is 0 Å². The molecular formula is C56H108O6. The van der Waals surface area contributed by atoms with Crippen molar-refractivity contribution in [2.75, 3.05) is 13.2 Å². The molecule has 1 atom stereocenters. The molecule has 368 valence electrons. The molecule has 0 N–H and O–H groups in total. The molecule has 0 rings (SSSR count). The zero-order valence-corrected chi connectivity index (χ0v) is 42.7. The van der Waals surface area contributed by atoms with E-state index in [0.717, 1.165) is 75.5 Å². The fourth-order valence-electron chi connectivity index (χ4n) is 8.47. The smallest absolute Gasteiger partial charge is 0.306 e. The highest BCUT2D eigenvalue weighted by Crippen LogP contribution is 2.18. The predicted molar refractivity (Wildman–Crippen MR) is 266 cm³/mol. The number of hydrogen-bond acceptors (Lipinski definition) is 6. The molecule has 0 amide bonds. The molecule has 0 aromatic rings. The fraction of sp³-hybridized carbons (Fsp3) is 0.946. The van der Waals surface area contributed by atoms with Crippen LogP contribution in [0, 0.1) is 17.8 Å². The predicted octanol–water partition coefficient (Wildman–Crippen LogP) is 17.9. The molecule has 0 bridgehead atoms. The molecule has 0 radical (unpaired) electrons. The lowest BCUT2D eigenvalue weighted by atomic mass is 10.0. The van der Waals surface area contributed by atoms with Gasteiger partial charge in [-0.25, -0.2) is 0 Å². The summed E-state index contributed by atoms with van der Waals surface area (Å²) in [5.74, 6) is 1.64. The van der Waals surface area contributed by atoms with Crippen LogP contribution in [-0.4, -0.2) is 37.2 Å². The maximum absolute atomic E-state index is 12.8. The number of unbranched alkanes of at least 4 members (excludes halogenated alkanes) is 32. The summed E-state index contributed by atoms with van der Waals surface area (Å²) in [6, 6.07) is 0. The van der Waals surface area contributed by atoms with Gasteiger partial charge in [-0.1, -0.05) is 266 Å². The van der Waals surface area contributed by atoms with Crippen molar-refractivity contribution in [1.29, 1.82) is 0 Å². The molecule has 6 heteroatoms. The Kier molecular flexibility index (Phi) is 46.2. The number of esters is 3. The summed E-state index contributed by atoms with van der Waals surface area (Å²) in [6.45, 7) is 13.7. The summed E-state index contributed by atoms with van der Waals surface area (Å²) in [7, 11) is 0. The van der Waals surface area contributed by atoms with Gasteiger partial charge in [-0.2, -0.15) is 0 Å². The van der Waals surface area contributed by atoms with Crippen LogP contribution in [0.2, 0.25) is 0 Å². The first kappa shape index (κ1) is 60.4. The van der Waals surface area contributed by atoms with Gasteiger partial charge in [0.15, 0.2) is 6.10 Å². The number of rotatable bonds is 49. The standard InChI is InChI=1S/C56H108O6/c1-50(2)42-36-30-24-18-13-9-7-11-15-21-27-33-39-45-54(57)60-48-53(49-61-55(58)46-40-34-28-23-17-20-26-32-38-44-52(5)6)62-56(59)47-41-35-29-22-16-12-8-10-14-19-25-31-37-43-51(3)4/h50-53H,7-49H2,1-6H3/t53-/m1/s1. The van der Waals surface area contributed by atoms with Crippen molar-refractivity contribution in [3.63, 3.8) is 0 Å². The highest BCUT2D eigenvalue weighted by Gasteiger charge is 2.19. The maximum Gasteiger partial charge on any atom is 0.306 e. The van der Waals surface area contributed by atoms with Gasteiger partial charge in [0.2, 0.25) is 0 Å². The first-order valence-electron chi connectivity index (χ1n) is 27.6. The number of ether oxygens (including phenoxy) is 3. The number of hydrogen-bond donors (Lipinski definition) is 0. The van der Waals surface area contributed by atoms with E-state index in [2.05, 4.69) is 41.5 Å². The van der Waals surface area contributed by atoms with Crippen LogP contribution in [0.25, 0.3) is 0 Å². The van der Waals surface area contributed by atoms with Gasteiger partial charge in [0.25, 0.3) is 0 Å². The first-order valence-corrected chi connectivity index (χ1v) is 27.6. The Bertz CT molecular complexity index is 960. The van der Waals surface area contributed by atoms with Gasteiger partial charge in [0, 0.05) is 19.3 Å². The number of carbonyl (C=O) groups is 3. The van der Waals surface area contributed by atoms with Crippen LogP contribution in [-0.2, 0) is 28.6 Å². The van der Waals surface area contributed by atoms with E-state index < -0.39 is 6.10 Å². The highest BCUT2D eigenvalue weighted by atomic mass is 16.6. The third-order valence-corrected chi connectivity index (χ3v) is 12.6. The molecule has 0 saturated carbocycles. The third-order valence-electron chi connectivity index (χ3n) is 12.6. The van der Waals surface area contributed by atoms with E-state index in [9.17, 15) is 14.4 Å². The van der Waals surface area contributed by atoms with E-state index in [4.69, 9.17) is 14.2 Å². The Morgan fingerprint density at radius 2 is 0.468 bits per heavy atom. The summed E-state index contributed by atoms with van der Waals surface area (Å²) in [5, 5.41) is 0. The van der Waals surface area contributed by atoms with Gasteiger partial charge in [-0.05, 0) is 37.0 Å². The number of carbonyl (C=O) groups excluding carboxylic acids is 3. The normalized spacial score (nSPS) is 12.1. The zero-order chi connectivity index (χ0) is 45.6. The van der Waals surface area contributed by atoms with Crippen molar-refractivity contribution in [2.24, 2.45) is 17.8 Å². The van der Waals surface area contributed by atoms with Crippen molar-refractivity contribution in [1.82, 2.24) is 0 Å². The third kappa shape index (κ3) is 49.4. The van der Waals surface area contributed by atoms with E-state index in [1.54, 1.807) is 0 Å². The van der Waals surface area contributed by atoms with Crippen LogP contribution in [0.15, 0.2) is 0 Å². The Morgan fingerprint density at radius 1 is 0.274 bits per heavy atom. The van der Waals surface area contributed by atoms with E-state index in [0.29, 0.717) is 19.3 Å². The molecule has 0 heterocycles. The molecule has 0 saturated heterocycles. The quantitative estimate of drug-likeness (QED) is 0.0344. The van der Waals surface area contributed by atoms with Gasteiger partial charge in [0.05, 0.1) is 0 Å². The lowest BCUT2D eigenvalue weighted by Gasteiger charge is -2.18. The van der Waals surface area contributed by atoms with Crippen molar-refractivity contribution in [3.8, 4) is 0 Å². The van der Waals surface area contributed by atoms with Gasteiger partial charge >= 0.3 is 17.9 Å². The molecule has 0 spiro atoms. The maximum atomic E-state index is 12.8. The van der Waals surface area contributed by atoms with Gasteiger partial charge in [-0.3, -0.25) is 14.4 Å². The van der Waals surface area contributed by atoms with Crippen molar-refractivity contribution >= 4 is 17.9 Å². The monoisotopic (exact) mass is 877 g/mol. The summed E-state index contributed by atoms with van der Waals surface area (Å²) in [6.07, 6.45) is 48.1. The van der Waals surface area contributed by atoms with Gasteiger partial charge < -0.3 is 14.2 Å². The molecule has 0 aliphatic carbocycles. The summed E-state index contributed by atoms with van der Waals surface area (Å²) in [5.41, 5.74) is 0. The largest absolute Gasteiger partial charge is 0.462 e. The molecule has 0 fully saturated rings. The van der Waals surface area contributed by atoms with Crippen molar-refractivity contribution < 1.29 is 28.6 Å². The molecular weight excluding hydrogens is 769 g/mol. The Morgan fingerprint density at radius 3 is 0.694 bits per heavy atom. The molecule has 6 nitrogen and oxygen atoms in total. The Balaban J connectivity index is 4.30. The van der Waals surface area contributed by atoms with Crippen LogP contribution < -0.4 is 0 Å². The molecule has 0 aromatic carbocycles. The highest BCUT2D eigenvalue weighted by molar-refractivity contribution is 5.71. The second-order valence-corrected chi connectivity index (χ2v) is 20.6. The van der Waals surface area contributed by atoms with Crippen LogP contribution in [0.1, 0.15) is 305 Å². The summed E-state index contributed by atoms with van der Waals surface area (Å²) < 4.78 is 16.9. The lowest BCUT2D eigenvalue weighted by Crippen LogP contribution is -2.30. The average molecular weight is 877 g/mol. The molecule has 0 unspecified atom stereocenters. The van der Waals surface area contributed by atoms with Crippen molar-refractivity contribution in [3.05, 3.63) is 0 Å². The minimum absolute atomic E-state index is 0.0641. The van der Waals surface area contributed by atoms with Gasteiger partial charge in [-0.15, -0.1) is 0 Å². The van der Waals surface area contributed by atoms with Crippen molar-refractivity contribution in [2.45, 2.75) is 311 Å². The molecule has 0 aliphatic rings. The van der Waals surface area contributed by atoms with E-state index in [1.165, 1.54) is 186 Å². The van der Waals surface area contributed by atoms with E-state index in [-0.39, 0.29) is 31.1 Å². The second-order valence-electron chi connectivity index (χ2n) is 20.6. The molecule has 0 aromatic heterocycles. The van der Waals surface area contributed by atoms with Crippen LogP contribution in [0.5, 0.6) is 0 Å². The topological polar surface area (TPSA) is 78.9 Å². The van der Waals surface area contributed by atoms with Crippen LogP contribution >= 0.6 is 0 Å². The second kappa shape index (κ2) is 47.4. The fourth-order valence-corrected chi connectivity index (χ4v) is 8.47. The zero-order valence-electron chi connectivity index (χ0n) is 42.7. The SMILES string of the molecule is CC(C)CCCCCCCCCCCCCCCC(=O)OC[C@H](COC(=O)CCCCCCCCCCCC(C)C)OC(=O)CCCCCCCCCCCCCCCC(C)C. The van der Waals surface area contributed by atoms with Gasteiger partial charge in [0.1, 0.15) is 13.2 Å².